The molecule has 3 nitrogen and oxygen atoms in total. The molecule has 0 aromatic rings. The first kappa shape index (κ1) is 12.4. The summed E-state index contributed by atoms with van der Waals surface area (Å²) in [6.45, 7) is 5.69. The summed E-state index contributed by atoms with van der Waals surface area (Å²) in [4.78, 5) is 10.8. The number of aliphatic hydroxyl groups excluding tert-OH is 1. The van der Waals surface area contributed by atoms with E-state index in [1.165, 1.54) is 0 Å². The summed E-state index contributed by atoms with van der Waals surface area (Å²) in [5.74, 6) is -1.47. The smallest absolute Gasteiger partial charge is 0.309 e. The van der Waals surface area contributed by atoms with Crippen molar-refractivity contribution in [2.45, 2.75) is 46.1 Å². The van der Waals surface area contributed by atoms with Crippen LogP contribution in [0.2, 0.25) is 0 Å². The zero-order valence-electron chi connectivity index (χ0n) is 8.66. The highest BCUT2D eigenvalue weighted by Gasteiger charge is 2.27. The highest BCUT2D eigenvalue weighted by Crippen LogP contribution is 2.19. The van der Waals surface area contributed by atoms with Gasteiger partial charge >= 0.3 is 5.97 Å². The second kappa shape index (κ2) is 5.97. The molecule has 78 valence electrons. The van der Waals surface area contributed by atoms with Crippen LogP contribution in [0.1, 0.15) is 40.0 Å². The van der Waals surface area contributed by atoms with Gasteiger partial charge in [0, 0.05) is 0 Å². The van der Waals surface area contributed by atoms with Gasteiger partial charge in [-0.05, 0) is 12.3 Å². The van der Waals surface area contributed by atoms with Crippen molar-refractivity contribution in [3.8, 4) is 0 Å². The lowest BCUT2D eigenvalue weighted by atomic mass is 9.89. The van der Waals surface area contributed by atoms with Crippen LogP contribution in [-0.2, 0) is 4.79 Å². The Bertz CT molecular complexity index is 154. The number of carboxylic acids is 1. The molecule has 0 saturated carbocycles. The fourth-order valence-corrected chi connectivity index (χ4v) is 1.33. The largest absolute Gasteiger partial charge is 0.481 e. The first-order valence-corrected chi connectivity index (χ1v) is 4.91. The second-order valence-corrected chi connectivity index (χ2v) is 3.82. The highest BCUT2D eigenvalue weighted by molar-refractivity contribution is 5.70. The zero-order valence-corrected chi connectivity index (χ0v) is 8.66. The standard InChI is InChI=1S/C10H20O3/c1-4-5-6-8(10(12)13)9(11)7(2)3/h7-9,11H,4-6H2,1-3H3,(H,12,13). The molecule has 2 N–H and O–H groups in total. The number of rotatable bonds is 6. The molecule has 0 spiro atoms. The summed E-state index contributed by atoms with van der Waals surface area (Å²) in [7, 11) is 0. The fraction of sp³-hybridized carbons (Fsp3) is 0.900. The minimum Gasteiger partial charge on any atom is -0.481 e. The van der Waals surface area contributed by atoms with E-state index in [0.29, 0.717) is 6.42 Å². The molecule has 2 atom stereocenters. The van der Waals surface area contributed by atoms with Gasteiger partial charge < -0.3 is 10.2 Å². The van der Waals surface area contributed by atoms with Crippen molar-refractivity contribution in [3.05, 3.63) is 0 Å². The SMILES string of the molecule is CCCCC(C(=O)O)C(O)C(C)C. The molecule has 0 fully saturated rings. The first-order valence-electron chi connectivity index (χ1n) is 4.91. The van der Waals surface area contributed by atoms with E-state index < -0.39 is 18.0 Å². The first-order chi connectivity index (χ1) is 6.00. The molecular weight excluding hydrogens is 168 g/mol. The molecule has 0 saturated heterocycles. The minimum atomic E-state index is -0.880. The monoisotopic (exact) mass is 188 g/mol. The maximum Gasteiger partial charge on any atom is 0.309 e. The van der Waals surface area contributed by atoms with Crippen molar-refractivity contribution in [1.82, 2.24) is 0 Å². The fourth-order valence-electron chi connectivity index (χ4n) is 1.33. The molecule has 0 rings (SSSR count). The van der Waals surface area contributed by atoms with Gasteiger partial charge in [-0.25, -0.2) is 0 Å². The Balaban J connectivity index is 4.15. The van der Waals surface area contributed by atoms with Crippen LogP contribution >= 0.6 is 0 Å². The third-order valence-electron chi connectivity index (χ3n) is 2.28. The summed E-state index contributed by atoms with van der Waals surface area (Å²) in [5.41, 5.74) is 0. The van der Waals surface area contributed by atoms with Gasteiger partial charge in [-0.2, -0.15) is 0 Å². The van der Waals surface area contributed by atoms with E-state index in [9.17, 15) is 9.90 Å². The quantitative estimate of drug-likeness (QED) is 0.669. The van der Waals surface area contributed by atoms with Crippen LogP contribution in [0.15, 0.2) is 0 Å². The normalized spacial score (nSPS) is 15.8. The van der Waals surface area contributed by atoms with Gasteiger partial charge in [-0.1, -0.05) is 33.6 Å². The average molecular weight is 188 g/mol. The molecule has 3 heteroatoms. The molecule has 0 amide bonds. The Morgan fingerprint density at radius 3 is 2.23 bits per heavy atom. The third kappa shape index (κ3) is 4.27. The van der Waals surface area contributed by atoms with E-state index >= 15 is 0 Å². The maximum absolute atomic E-state index is 10.8. The maximum atomic E-state index is 10.8. The molecule has 2 unspecified atom stereocenters. The van der Waals surface area contributed by atoms with Crippen LogP contribution in [0.3, 0.4) is 0 Å². The topological polar surface area (TPSA) is 57.5 Å². The van der Waals surface area contributed by atoms with Crippen LogP contribution in [0.25, 0.3) is 0 Å². The van der Waals surface area contributed by atoms with Crippen LogP contribution < -0.4 is 0 Å². The molecule has 0 aliphatic carbocycles. The molecule has 0 bridgehead atoms. The van der Waals surface area contributed by atoms with Gasteiger partial charge in [-0.15, -0.1) is 0 Å². The van der Waals surface area contributed by atoms with E-state index in [0.717, 1.165) is 12.8 Å². The summed E-state index contributed by atoms with van der Waals surface area (Å²) < 4.78 is 0. The van der Waals surface area contributed by atoms with Crippen molar-refractivity contribution in [2.75, 3.05) is 0 Å². The molecule has 13 heavy (non-hydrogen) atoms. The number of carbonyl (C=O) groups is 1. The van der Waals surface area contributed by atoms with Crippen LogP contribution in [0.4, 0.5) is 0 Å². The van der Waals surface area contributed by atoms with E-state index in [2.05, 4.69) is 0 Å². The van der Waals surface area contributed by atoms with Crippen LogP contribution in [-0.4, -0.2) is 22.3 Å². The molecule has 0 aromatic carbocycles. The van der Waals surface area contributed by atoms with Gasteiger partial charge in [0.15, 0.2) is 0 Å². The molecule has 0 heterocycles. The Labute approximate surface area is 79.8 Å². The second-order valence-electron chi connectivity index (χ2n) is 3.82. The molecule has 0 aromatic heterocycles. The van der Waals surface area contributed by atoms with Gasteiger partial charge in [0.2, 0.25) is 0 Å². The van der Waals surface area contributed by atoms with Gasteiger partial charge in [0.1, 0.15) is 0 Å². The lowest BCUT2D eigenvalue weighted by Crippen LogP contribution is -2.32. The van der Waals surface area contributed by atoms with Gasteiger partial charge in [0.25, 0.3) is 0 Å². The number of aliphatic carboxylic acids is 1. The average Bonchev–Trinajstić information content (AvgIpc) is 2.04. The number of carboxylic acid groups (broad SMARTS) is 1. The summed E-state index contributed by atoms with van der Waals surface area (Å²) in [5, 5.41) is 18.5. The Morgan fingerprint density at radius 2 is 1.92 bits per heavy atom. The molecule has 0 aliphatic rings. The van der Waals surface area contributed by atoms with Gasteiger partial charge in [0.05, 0.1) is 12.0 Å². The molecule has 0 aliphatic heterocycles. The van der Waals surface area contributed by atoms with E-state index in [1.54, 1.807) is 0 Å². The predicted octanol–water partition coefficient (Wildman–Crippen LogP) is 1.89. The van der Waals surface area contributed by atoms with Crippen molar-refractivity contribution < 1.29 is 15.0 Å². The summed E-state index contributed by atoms with van der Waals surface area (Å²) in [6.07, 6.45) is 1.68. The number of aliphatic hydroxyl groups is 1. The highest BCUT2D eigenvalue weighted by atomic mass is 16.4. The Hall–Kier alpha value is -0.570. The Morgan fingerprint density at radius 1 is 1.38 bits per heavy atom. The molecular formula is C10H20O3. The van der Waals surface area contributed by atoms with Gasteiger partial charge in [-0.3, -0.25) is 4.79 Å². The van der Waals surface area contributed by atoms with E-state index in [1.807, 2.05) is 20.8 Å². The van der Waals surface area contributed by atoms with Crippen molar-refractivity contribution >= 4 is 5.97 Å². The summed E-state index contributed by atoms with van der Waals surface area (Å²) in [6, 6.07) is 0. The van der Waals surface area contributed by atoms with E-state index in [-0.39, 0.29) is 5.92 Å². The number of unbranched alkanes of at least 4 members (excludes halogenated alkanes) is 1. The van der Waals surface area contributed by atoms with Crippen molar-refractivity contribution in [3.63, 3.8) is 0 Å². The number of hydrogen-bond donors (Lipinski definition) is 2. The minimum absolute atomic E-state index is 0.0120. The third-order valence-corrected chi connectivity index (χ3v) is 2.28. The van der Waals surface area contributed by atoms with Crippen molar-refractivity contribution in [1.29, 1.82) is 0 Å². The Kier molecular flexibility index (Phi) is 5.71. The van der Waals surface area contributed by atoms with E-state index in [4.69, 9.17) is 5.11 Å². The lowest BCUT2D eigenvalue weighted by Gasteiger charge is -2.21. The van der Waals surface area contributed by atoms with Crippen LogP contribution in [0, 0.1) is 11.8 Å². The zero-order chi connectivity index (χ0) is 10.4. The lowest BCUT2D eigenvalue weighted by molar-refractivity contribution is -0.147. The molecule has 0 radical (unpaired) electrons. The predicted molar refractivity (Wildman–Crippen MR) is 51.5 cm³/mol. The summed E-state index contributed by atoms with van der Waals surface area (Å²) >= 11 is 0. The number of hydrogen-bond acceptors (Lipinski definition) is 2. The van der Waals surface area contributed by atoms with Crippen molar-refractivity contribution in [2.24, 2.45) is 11.8 Å². The van der Waals surface area contributed by atoms with Crippen LogP contribution in [0.5, 0.6) is 0 Å².